The van der Waals surface area contributed by atoms with Crippen LogP contribution >= 0.6 is 22.6 Å². The molecule has 2 rings (SSSR count). The molecule has 1 N–H and O–H groups in total. The Labute approximate surface area is 126 Å². The van der Waals surface area contributed by atoms with Crippen LogP contribution in [0.4, 0.5) is 5.69 Å². The van der Waals surface area contributed by atoms with Crippen molar-refractivity contribution < 1.29 is 14.3 Å². The Bertz CT molecular complexity index is 497. The van der Waals surface area contributed by atoms with Crippen LogP contribution in [0.25, 0.3) is 0 Å². The number of halogens is 1. The first-order valence-corrected chi connectivity index (χ1v) is 7.37. The van der Waals surface area contributed by atoms with E-state index in [-0.39, 0.29) is 24.4 Å². The zero-order valence-corrected chi connectivity index (χ0v) is 12.9. The van der Waals surface area contributed by atoms with Crippen molar-refractivity contribution in [3.05, 3.63) is 27.3 Å². The van der Waals surface area contributed by atoms with Crippen molar-refractivity contribution in [2.75, 3.05) is 11.9 Å². The predicted molar refractivity (Wildman–Crippen MR) is 80.8 cm³/mol. The van der Waals surface area contributed by atoms with Gasteiger partial charge in [0.05, 0.1) is 5.92 Å². The van der Waals surface area contributed by atoms with Gasteiger partial charge in [-0.15, -0.1) is 0 Å². The van der Waals surface area contributed by atoms with Gasteiger partial charge in [-0.1, -0.05) is 6.42 Å². The summed E-state index contributed by atoms with van der Waals surface area (Å²) in [6.45, 7) is 1.72. The molecule has 5 heteroatoms. The second-order valence-corrected chi connectivity index (χ2v) is 5.99. The number of anilines is 1. The second-order valence-electron chi connectivity index (χ2n) is 4.74. The molecule has 0 heterocycles. The number of ether oxygens (including phenoxy) is 1. The summed E-state index contributed by atoms with van der Waals surface area (Å²) in [4.78, 5) is 23.2. The van der Waals surface area contributed by atoms with E-state index in [4.69, 9.17) is 4.74 Å². The highest BCUT2D eigenvalue weighted by Crippen LogP contribution is 2.27. The molecule has 1 amide bonds. The van der Waals surface area contributed by atoms with Gasteiger partial charge >= 0.3 is 5.97 Å². The molecule has 1 aliphatic rings. The van der Waals surface area contributed by atoms with Gasteiger partial charge in [0.2, 0.25) is 0 Å². The van der Waals surface area contributed by atoms with Crippen molar-refractivity contribution >= 4 is 40.2 Å². The molecule has 1 saturated carbocycles. The highest BCUT2D eigenvalue weighted by molar-refractivity contribution is 14.1. The molecule has 0 aliphatic heterocycles. The minimum absolute atomic E-state index is 0.00726. The normalized spacial score (nSPS) is 14.6. The Morgan fingerprint density at radius 3 is 2.74 bits per heavy atom. The number of hydrogen-bond acceptors (Lipinski definition) is 3. The first kappa shape index (κ1) is 14.3. The van der Waals surface area contributed by atoms with Gasteiger partial charge in [-0.05, 0) is 66.1 Å². The summed E-state index contributed by atoms with van der Waals surface area (Å²) >= 11 is 2.22. The maximum Gasteiger partial charge on any atom is 0.309 e. The van der Waals surface area contributed by atoms with Crippen LogP contribution in [0.2, 0.25) is 0 Å². The van der Waals surface area contributed by atoms with E-state index in [1.54, 1.807) is 0 Å². The lowest BCUT2D eigenvalue weighted by molar-refractivity contribution is -0.154. The predicted octanol–water partition coefficient (Wildman–Crippen LogP) is 2.88. The lowest BCUT2D eigenvalue weighted by Gasteiger charge is -2.22. The summed E-state index contributed by atoms with van der Waals surface area (Å²) in [6, 6.07) is 5.75. The van der Waals surface area contributed by atoms with Crippen LogP contribution in [0.3, 0.4) is 0 Å². The molecule has 102 valence electrons. The number of carbonyl (C=O) groups is 2. The fraction of sp³-hybridized carbons (Fsp3) is 0.429. The quantitative estimate of drug-likeness (QED) is 0.652. The molecule has 1 aromatic carbocycles. The van der Waals surface area contributed by atoms with E-state index in [2.05, 4.69) is 27.9 Å². The third-order valence-corrected chi connectivity index (χ3v) is 3.92. The number of nitrogens with one attached hydrogen (secondary N) is 1. The maximum atomic E-state index is 11.7. The molecule has 19 heavy (non-hydrogen) atoms. The summed E-state index contributed by atoms with van der Waals surface area (Å²) in [5, 5.41) is 2.75. The van der Waals surface area contributed by atoms with E-state index in [1.165, 1.54) is 0 Å². The summed E-state index contributed by atoms with van der Waals surface area (Å²) in [5.41, 5.74) is 1.75. The topological polar surface area (TPSA) is 55.4 Å². The minimum atomic E-state index is -0.294. The van der Waals surface area contributed by atoms with Crippen molar-refractivity contribution in [2.24, 2.45) is 5.92 Å². The Balaban J connectivity index is 1.81. The van der Waals surface area contributed by atoms with Crippen LogP contribution in [-0.2, 0) is 14.3 Å². The third-order valence-electron chi connectivity index (χ3n) is 3.25. The van der Waals surface area contributed by atoms with Gasteiger partial charge in [-0.3, -0.25) is 9.59 Å². The number of esters is 1. The average molecular weight is 373 g/mol. The third kappa shape index (κ3) is 3.92. The first-order valence-electron chi connectivity index (χ1n) is 6.29. The Hall–Kier alpha value is -1.11. The van der Waals surface area contributed by atoms with Gasteiger partial charge in [0.15, 0.2) is 6.61 Å². The fourth-order valence-corrected chi connectivity index (χ4v) is 2.50. The standard InChI is InChI=1S/C14H16INO3/c1-9-7-11(15)5-6-12(9)16-13(17)8-19-14(18)10-3-2-4-10/h5-7,10H,2-4,8H2,1H3,(H,16,17). The average Bonchev–Trinajstić information content (AvgIpc) is 2.28. The van der Waals surface area contributed by atoms with E-state index in [9.17, 15) is 9.59 Å². The van der Waals surface area contributed by atoms with Crippen LogP contribution in [0.15, 0.2) is 18.2 Å². The van der Waals surface area contributed by atoms with Gasteiger partial charge in [-0.2, -0.15) is 0 Å². The zero-order valence-electron chi connectivity index (χ0n) is 10.7. The molecule has 1 aromatic rings. The number of carbonyl (C=O) groups excluding carboxylic acids is 2. The second kappa shape index (κ2) is 6.36. The highest BCUT2D eigenvalue weighted by Gasteiger charge is 2.27. The van der Waals surface area contributed by atoms with E-state index in [0.717, 1.165) is 34.1 Å². The lowest BCUT2D eigenvalue weighted by atomic mass is 9.86. The van der Waals surface area contributed by atoms with Crippen LogP contribution < -0.4 is 5.32 Å². The van der Waals surface area contributed by atoms with Crippen LogP contribution in [0, 0.1) is 16.4 Å². The monoisotopic (exact) mass is 373 g/mol. The SMILES string of the molecule is Cc1cc(I)ccc1NC(=O)COC(=O)C1CCC1. The van der Waals surface area contributed by atoms with E-state index in [1.807, 2.05) is 25.1 Å². The Kier molecular flexibility index (Phi) is 4.79. The number of aryl methyl sites for hydroxylation is 1. The Morgan fingerprint density at radius 2 is 2.16 bits per heavy atom. The van der Waals surface area contributed by atoms with Gasteiger partial charge in [0.25, 0.3) is 5.91 Å². The van der Waals surface area contributed by atoms with Crippen LogP contribution in [0.5, 0.6) is 0 Å². The zero-order chi connectivity index (χ0) is 13.8. The molecule has 0 bridgehead atoms. The number of hydrogen-bond donors (Lipinski definition) is 1. The first-order chi connectivity index (χ1) is 9.06. The van der Waals surface area contributed by atoms with Crippen molar-refractivity contribution in [1.29, 1.82) is 0 Å². The van der Waals surface area contributed by atoms with Gasteiger partial charge < -0.3 is 10.1 Å². The van der Waals surface area contributed by atoms with Gasteiger partial charge in [-0.25, -0.2) is 0 Å². The molecule has 4 nitrogen and oxygen atoms in total. The molecule has 1 aliphatic carbocycles. The van der Waals surface area contributed by atoms with Crippen molar-refractivity contribution in [1.82, 2.24) is 0 Å². The largest absolute Gasteiger partial charge is 0.455 e. The summed E-state index contributed by atoms with van der Waals surface area (Å²) in [6.07, 6.45) is 2.85. The summed E-state index contributed by atoms with van der Waals surface area (Å²) in [7, 11) is 0. The molecule has 0 aromatic heterocycles. The van der Waals surface area contributed by atoms with Crippen LogP contribution in [0.1, 0.15) is 24.8 Å². The number of rotatable bonds is 4. The molecule has 0 saturated heterocycles. The van der Waals surface area contributed by atoms with Crippen LogP contribution in [-0.4, -0.2) is 18.5 Å². The molecular weight excluding hydrogens is 357 g/mol. The summed E-state index contributed by atoms with van der Waals surface area (Å²) in [5.74, 6) is -0.537. The highest BCUT2D eigenvalue weighted by atomic mass is 127. The Morgan fingerprint density at radius 1 is 1.42 bits per heavy atom. The lowest BCUT2D eigenvalue weighted by Crippen LogP contribution is -2.28. The van der Waals surface area contributed by atoms with Gasteiger partial charge in [0.1, 0.15) is 0 Å². The number of amides is 1. The van der Waals surface area contributed by atoms with E-state index >= 15 is 0 Å². The molecule has 0 unspecified atom stereocenters. The molecule has 0 spiro atoms. The fourth-order valence-electron chi connectivity index (χ4n) is 1.85. The maximum absolute atomic E-state index is 11.7. The van der Waals surface area contributed by atoms with E-state index < -0.39 is 0 Å². The van der Waals surface area contributed by atoms with Crippen molar-refractivity contribution in [2.45, 2.75) is 26.2 Å². The molecule has 1 fully saturated rings. The molecule has 0 atom stereocenters. The van der Waals surface area contributed by atoms with Crippen molar-refractivity contribution in [3.63, 3.8) is 0 Å². The summed E-state index contributed by atoms with van der Waals surface area (Å²) < 4.78 is 6.11. The minimum Gasteiger partial charge on any atom is -0.455 e. The smallest absolute Gasteiger partial charge is 0.309 e. The van der Waals surface area contributed by atoms with Gasteiger partial charge in [0, 0.05) is 9.26 Å². The van der Waals surface area contributed by atoms with E-state index in [0.29, 0.717) is 0 Å². The number of benzene rings is 1. The molecular formula is C14H16INO3. The van der Waals surface area contributed by atoms with Crippen molar-refractivity contribution in [3.8, 4) is 0 Å². The molecule has 0 radical (unpaired) electrons.